The first kappa shape index (κ1) is 17.0. The Kier molecular flexibility index (Phi) is 6.14. The van der Waals surface area contributed by atoms with Crippen LogP contribution in [-0.2, 0) is 14.3 Å². The van der Waals surface area contributed by atoms with Crippen LogP contribution in [0.25, 0.3) is 0 Å². The molecule has 2 rings (SSSR count). The van der Waals surface area contributed by atoms with Crippen molar-refractivity contribution >= 4 is 23.5 Å². The van der Waals surface area contributed by atoms with E-state index in [0.29, 0.717) is 25.1 Å². The Morgan fingerprint density at radius 3 is 2.61 bits per heavy atom. The molecule has 0 bridgehead atoms. The van der Waals surface area contributed by atoms with Crippen LogP contribution in [-0.4, -0.2) is 37.5 Å². The summed E-state index contributed by atoms with van der Waals surface area (Å²) in [5, 5.41) is 2.53. The summed E-state index contributed by atoms with van der Waals surface area (Å²) >= 11 is 0. The Balaban J connectivity index is 1.83. The molecule has 0 atom stereocenters. The molecule has 1 N–H and O–H groups in total. The van der Waals surface area contributed by atoms with Crippen molar-refractivity contribution in [2.75, 3.05) is 24.6 Å². The summed E-state index contributed by atoms with van der Waals surface area (Å²) in [6, 6.07) is 6.80. The number of hydrogen-bond donors (Lipinski definition) is 1. The van der Waals surface area contributed by atoms with Gasteiger partial charge in [-0.1, -0.05) is 13.3 Å². The van der Waals surface area contributed by atoms with Gasteiger partial charge in [-0.25, -0.2) is 0 Å². The third kappa shape index (κ3) is 4.81. The lowest BCUT2D eigenvalue weighted by Gasteiger charge is -2.15. The molecule has 1 heterocycles. The molecular weight excluding hydrogens is 296 g/mol. The molecular formula is C17H22N2O4. The van der Waals surface area contributed by atoms with Gasteiger partial charge in [0.25, 0.3) is 5.91 Å². The number of carbonyl (C=O) groups excluding carboxylic acids is 3. The lowest BCUT2D eigenvalue weighted by Crippen LogP contribution is -2.30. The van der Waals surface area contributed by atoms with E-state index < -0.39 is 5.97 Å². The number of amides is 2. The van der Waals surface area contributed by atoms with Gasteiger partial charge in [0.15, 0.2) is 0 Å². The standard InChI is InChI=1S/C17H22N2O4/c1-2-3-11-23-16(21)12-18-17(22)13-6-8-14(9-7-13)19-10-4-5-15(19)20/h6-9H,2-5,10-12H2,1H3,(H,18,22). The second-order valence-electron chi connectivity index (χ2n) is 5.45. The molecule has 0 unspecified atom stereocenters. The number of nitrogens with one attached hydrogen (secondary N) is 1. The Morgan fingerprint density at radius 1 is 1.26 bits per heavy atom. The van der Waals surface area contributed by atoms with Crippen molar-refractivity contribution in [3.63, 3.8) is 0 Å². The molecule has 1 aliphatic rings. The maximum atomic E-state index is 12.0. The van der Waals surface area contributed by atoms with Gasteiger partial charge in [0.1, 0.15) is 6.54 Å². The van der Waals surface area contributed by atoms with Crippen LogP contribution in [0, 0.1) is 0 Å². The van der Waals surface area contributed by atoms with Crippen molar-refractivity contribution in [1.82, 2.24) is 5.32 Å². The van der Waals surface area contributed by atoms with Gasteiger partial charge >= 0.3 is 5.97 Å². The van der Waals surface area contributed by atoms with E-state index in [2.05, 4.69) is 5.32 Å². The second kappa shape index (κ2) is 8.31. The molecule has 0 aromatic heterocycles. The third-order valence-corrected chi connectivity index (χ3v) is 3.67. The minimum atomic E-state index is -0.439. The van der Waals surface area contributed by atoms with Crippen LogP contribution in [0.3, 0.4) is 0 Å². The molecule has 0 radical (unpaired) electrons. The van der Waals surface area contributed by atoms with E-state index in [1.54, 1.807) is 29.2 Å². The van der Waals surface area contributed by atoms with Crippen molar-refractivity contribution in [3.8, 4) is 0 Å². The van der Waals surface area contributed by atoms with Gasteiger partial charge in [-0.15, -0.1) is 0 Å². The summed E-state index contributed by atoms with van der Waals surface area (Å²) < 4.78 is 4.97. The number of rotatable bonds is 7. The van der Waals surface area contributed by atoms with Crippen LogP contribution in [0.4, 0.5) is 5.69 Å². The van der Waals surface area contributed by atoms with Gasteiger partial charge in [0.2, 0.25) is 5.91 Å². The third-order valence-electron chi connectivity index (χ3n) is 3.67. The molecule has 0 saturated carbocycles. The van der Waals surface area contributed by atoms with Crippen LogP contribution < -0.4 is 10.2 Å². The first-order valence-corrected chi connectivity index (χ1v) is 7.96. The number of carbonyl (C=O) groups is 3. The van der Waals surface area contributed by atoms with Gasteiger partial charge in [-0.05, 0) is 37.1 Å². The number of ether oxygens (including phenoxy) is 1. The van der Waals surface area contributed by atoms with Gasteiger partial charge < -0.3 is 15.0 Å². The van der Waals surface area contributed by atoms with Crippen LogP contribution in [0.15, 0.2) is 24.3 Å². The fourth-order valence-electron chi connectivity index (χ4n) is 2.35. The predicted octanol–water partition coefficient (Wildman–Crippen LogP) is 1.89. The van der Waals surface area contributed by atoms with Crippen LogP contribution in [0.5, 0.6) is 0 Å². The topological polar surface area (TPSA) is 75.7 Å². The average molecular weight is 318 g/mol. The first-order valence-electron chi connectivity index (χ1n) is 7.96. The zero-order chi connectivity index (χ0) is 16.7. The highest BCUT2D eigenvalue weighted by molar-refractivity contribution is 5.98. The number of hydrogen-bond acceptors (Lipinski definition) is 4. The maximum Gasteiger partial charge on any atom is 0.325 e. The minimum Gasteiger partial charge on any atom is -0.464 e. The quantitative estimate of drug-likeness (QED) is 0.615. The van der Waals surface area contributed by atoms with Crippen LogP contribution in [0.1, 0.15) is 43.0 Å². The normalized spacial score (nSPS) is 14.0. The lowest BCUT2D eigenvalue weighted by atomic mass is 10.2. The summed E-state index contributed by atoms with van der Waals surface area (Å²) in [6.45, 7) is 2.96. The number of nitrogens with zero attached hydrogens (tertiary/aromatic N) is 1. The first-order chi connectivity index (χ1) is 11.1. The molecule has 1 fully saturated rings. The molecule has 6 nitrogen and oxygen atoms in total. The van der Waals surface area contributed by atoms with Crippen molar-refractivity contribution < 1.29 is 19.1 Å². The van der Waals surface area contributed by atoms with Crippen LogP contribution in [0.2, 0.25) is 0 Å². The molecule has 1 aromatic rings. The zero-order valence-corrected chi connectivity index (χ0v) is 13.3. The highest BCUT2D eigenvalue weighted by atomic mass is 16.5. The fraction of sp³-hybridized carbons (Fsp3) is 0.471. The molecule has 0 spiro atoms. The predicted molar refractivity (Wildman–Crippen MR) is 86.2 cm³/mol. The van der Waals surface area contributed by atoms with Gasteiger partial charge in [0.05, 0.1) is 6.61 Å². The van der Waals surface area contributed by atoms with Crippen molar-refractivity contribution in [3.05, 3.63) is 29.8 Å². The van der Waals surface area contributed by atoms with Gasteiger partial charge in [-0.2, -0.15) is 0 Å². The zero-order valence-electron chi connectivity index (χ0n) is 13.3. The number of unbranched alkanes of at least 4 members (excludes halogenated alkanes) is 1. The number of esters is 1. The average Bonchev–Trinajstić information content (AvgIpc) is 2.99. The highest BCUT2D eigenvalue weighted by Crippen LogP contribution is 2.21. The minimum absolute atomic E-state index is 0.108. The molecule has 2 amide bonds. The van der Waals surface area contributed by atoms with Gasteiger partial charge in [0, 0.05) is 24.2 Å². The molecule has 1 aromatic carbocycles. The largest absolute Gasteiger partial charge is 0.464 e. The summed E-state index contributed by atoms with van der Waals surface area (Å²) in [5.41, 5.74) is 1.24. The Morgan fingerprint density at radius 2 is 2.00 bits per heavy atom. The van der Waals surface area contributed by atoms with Gasteiger partial charge in [-0.3, -0.25) is 14.4 Å². The number of benzene rings is 1. The van der Waals surface area contributed by atoms with Crippen molar-refractivity contribution in [2.24, 2.45) is 0 Å². The van der Waals surface area contributed by atoms with E-state index in [9.17, 15) is 14.4 Å². The SMILES string of the molecule is CCCCOC(=O)CNC(=O)c1ccc(N2CCCC2=O)cc1. The summed E-state index contributed by atoms with van der Waals surface area (Å²) in [5.74, 6) is -0.667. The molecule has 1 saturated heterocycles. The smallest absolute Gasteiger partial charge is 0.325 e. The molecule has 124 valence electrons. The van der Waals surface area contributed by atoms with E-state index in [0.717, 1.165) is 24.9 Å². The molecule has 0 aliphatic carbocycles. The molecule has 6 heteroatoms. The summed E-state index contributed by atoms with van der Waals surface area (Å²) in [7, 11) is 0. The van der Waals surface area contributed by atoms with E-state index in [1.165, 1.54) is 0 Å². The van der Waals surface area contributed by atoms with E-state index in [-0.39, 0.29) is 18.4 Å². The summed E-state index contributed by atoms with van der Waals surface area (Å²) in [4.78, 5) is 36.8. The van der Waals surface area contributed by atoms with Crippen molar-refractivity contribution in [1.29, 1.82) is 0 Å². The Labute approximate surface area is 135 Å². The van der Waals surface area contributed by atoms with E-state index >= 15 is 0 Å². The molecule has 23 heavy (non-hydrogen) atoms. The highest BCUT2D eigenvalue weighted by Gasteiger charge is 2.21. The van der Waals surface area contributed by atoms with E-state index in [4.69, 9.17) is 4.74 Å². The van der Waals surface area contributed by atoms with E-state index in [1.807, 2.05) is 6.92 Å². The Hall–Kier alpha value is -2.37. The maximum absolute atomic E-state index is 12.0. The van der Waals surface area contributed by atoms with Crippen molar-refractivity contribution in [2.45, 2.75) is 32.6 Å². The molecule has 1 aliphatic heterocycles. The number of anilines is 1. The lowest BCUT2D eigenvalue weighted by molar-refractivity contribution is -0.142. The monoisotopic (exact) mass is 318 g/mol. The van der Waals surface area contributed by atoms with Crippen LogP contribution >= 0.6 is 0 Å². The summed E-state index contributed by atoms with van der Waals surface area (Å²) in [6.07, 6.45) is 3.20. The Bertz CT molecular complexity index is 568. The fourth-order valence-corrected chi connectivity index (χ4v) is 2.35. The second-order valence-corrected chi connectivity index (χ2v) is 5.45.